The SMILES string of the molecule is CN(CC1CC(c2ccc(CO)cc2)OC(c2ccc(CNC(=O)NC34CC5CC(CC(C5)C3)C4)cc2)O1)CC(O)c1cccc(O)c1. The van der Waals surface area contributed by atoms with Gasteiger partial charge >= 0.3 is 6.03 Å². The smallest absolute Gasteiger partial charge is 0.315 e. The van der Waals surface area contributed by atoms with Gasteiger partial charge < -0.3 is 40.3 Å². The van der Waals surface area contributed by atoms with Gasteiger partial charge in [0.25, 0.3) is 0 Å². The van der Waals surface area contributed by atoms with Crippen LogP contribution in [0.2, 0.25) is 0 Å². The quantitative estimate of drug-likeness (QED) is 0.175. The Morgan fingerprint density at radius 1 is 0.896 bits per heavy atom. The van der Waals surface area contributed by atoms with Crippen molar-refractivity contribution in [1.29, 1.82) is 0 Å². The van der Waals surface area contributed by atoms with Gasteiger partial charge in [0.1, 0.15) is 5.75 Å². The van der Waals surface area contributed by atoms with Crippen molar-refractivity contribution in [1.82, 2.24) is 15.5 Å². The zero-order chi connectivity index (χ0) is 33.3. The third kappa shape index (κ3) is 7.71. The number of phenols is 1. The molecule has 9 nitrogen and oxygen atoms in total. The standard InChI is InChI=1S/C39H49N3O6/c1-42(23-35(45)32-3-2-4-33(44)16-32)22-34-17-36(30-9-7-26(24-43)8-10-30)48-37(47-34)31-11-5-25(6-12-31)21-40-38(46)41-39-18-27-13-28(19-39)15-29(14-27)20-39/h2-12,16,27-29,34-37,43-45H,13-15,17-24H2,1H3,(H2,40,41,46). The number of carbonyl (C=O) groups excluding carboxylic acids is 1. The Hall–Kier alpha value is -3.47. The summed E-state index contributed by atoms with van der Waals surface area (Å²) < 4.78 is 13.0. The van der Waals surface area contributed by atoms with E-state index in [0.717, 1.165) is 59.3 Å². The first-order valence-corrected chi connectivity index (χ1v) is 17.5. The Labute approximate surface area is 283 Å². The van der Waals surface area contributed by atoms with Crippen molar-refractivity contribution in [3.8, 4) is 5.75 Å². The maximum atomic E-state index is 13.0. The molecule has 4 atom stereocenters. The maximum Gasteiger partial charge on any atom is 0.315 e. The molecular weight excluding hydrogens is 606 g/mol. The number of amides is 2. The molecule has 3 aromatic rings. The van der Waals surface area contributed by atoms with E-state index in [4.69, 9.17) is 9.47 Å². The van der Waals surface area contributed by atoms with Crippen molar-refractivity contribution < 1.29 is 29.6 Å². The molecule has 1 heterocycles. The first kappa shape index (κ1) is 33.0. The number of hydrogen-bond donors (Lipinski definition) is 5. The minimum Gasteiger partial charge on any atom is -0.508 e. The summed E-state index contributed by atoms with van der Waals surface area (Å²) in [5.74, 6) is 2.47. The van der Waals surface area contributed by atoms with E-state index in [1.165, 1.54) is 19.3 Å². The first-order valence-electron chi connectivity index (χ1n) is 17.5. The Morgan fingerprint density at radius 3 is 2.19 bits per heavy atom. The molecule has 4 saturated carbocycles. The number of urea groups is 1. The highest BCUT2D eigenvalue weighted by Crippen LogP contribution is 2.55. The van der Waals surface area contributed by atoms with Gasteiger partial charge in [-0.3, -0.25) is 0 Å². The van der Waals surface area contributed by atoms with Crippen LogP contribution in [0.15, 0.2) is 72.8 Å². The van der Waals surface area contributed by atoms with E-state index in [9.17, 15) is 20.1 Å². The largest absolute Gasteiger partial charge is 0.508 e. The molecule has 0 spiro atoms. The molecule has 5 fully saturated rings. The van der Waals surface area contributed by atoms with Crippen molar-refractivity contribution in [2.75, 3.05) is 20.1 Å². The van der Waals surface area contributed by atoms with E-state index < -0.39 is 12.4 Å². The molecule has 3 aromatic carbocycles. The van der Waals surface area contributed by atoms with Crippen molar-refractivity contribution in [2.24, 2.45) is 17.8 Å². The molecule has 5 aliphatic rings. The summed E-state index contributed by atoms with van der Waals surface area (Å²) in [7, 11) is 1.95. The number of carbonyl (C=O) groups is 1. The molecule has 256 valence electrons. The summed E-state index contributed by atoms with van der Waals surface area (Å²) in [6.45, 7) is 1.38. The van der Waals surface area contributed by atoms with Gasteiger partial charge in [0.05, 0.1) is 24.9 Å². The zero-order valence-corrected chi connectivity index (χ0v) is 27.8. The third-order valence-electron chi connectivity index (χ3n) is 11.0. The van der Waals surface area contributed by atoms with Gasteiger partial charge in [-0.15, -0.1) is 0 Å². The van der Waals surface area contributed by atoms with Crippen LogP contribution in [0.4, 0.5) is 4.79 Å². The number of nitrogens with one attached hydrogen (secondary N) is 2. The summed E-state index contributed by atoms with van der Waals surface area (Å²) in [4.78, 5) is 15.0. The number of ether oxygens (including phenoxy) is 2. The lowest BCUT2D eigenvalue weighted by atomic mass is 9.53. The number of likely N-dealkylation sites (N-methyl/N-ethyl adjacent to an activating group) is 1. The number of phenolic OH excluding ortho intramolecular Hbond substituents is 1. The van der Waals surface area contributed by atoms with E-state index in [1.807, 2.05) is 60.5 Å². The highest BCUT2D eigenvalue weighted by Gasteiger charge is 2.51. The van der Waals surface area contributed by atoms with Gasteiger partial charge in [-0.2, -0.15) is 0 Å². The molecule has 48 heavy (non-hydrogen) atoms. The third-order valence-corrected chi connectivity index (χ3v) is 11.0. The van der Waals surface area contributed by atoms with Gasteiger partial charge in [0, 0.05) is 37.2 Å². The molecule has 1 saturated heterocycles. The van der Waals surface area contributed by atoms with E-state index in [0.29, 0.717) is 31.6 Å². The summed E-state index contributed by atoms with van der Waals surface area (Å²) in [5.41, 5.74) is 4.40. The topological polar surface area (TPSA) is 124 Å². The average molecular weight is 656 g/mol. The number of benzene rings is 3. The summed E-state index contributed by atoms with van der Waals surface area (Å²) >= 11 is 0. The lowest BCUT2D eigenvalue weighted by Crippen LogP contribution is -2.61. The fraction of sp³-hybridized carbons (Fsp3) is 0.513. The minimum atomic E-state index is -0.754. The normalized spacial score (nSPS) is 29.9. The van der Waals surface area contributed by atoms with Crippen LogP contribution in [-0.2, 0) is 22.6 Å². The Kier molecular flexibility index (Phi) is 9.76. The zero-order valence-electron chi connectivity index (χ0n) is 27.8. The van der Waals surface area contributed by atoms with Crippen molar-refractivity contribution >= 4 is 6.03 Å². The van der Waals surface area contributed by atoms with Crippen molar-refractivity contribution in [3.05, 3.63) is 101 Å². The second-order valence-electron chi connectivity index (χ2n) is 14.9. The van der Waals surface area contributed by atoms with E-state index in [2.05, 4.69) is 10.6 Å². The highest BCUT2D eigenvalue weighted by atomic mass is 16.7. The number of hydrogen-bond acceptors (Lipinski definition) is 7. The van der Waals surface area contributed by atoms with Crippen LogP contribution < -0.4 is 10.6 Å². The van der Waals surface area contributed by atoms with Crippen molar-refractivity contribution in [3.63, 3.8) is 0 Å². The van der Waals surface area contributed by atoms with Gasteiger partial charge in [-0.05, 0) is 97.7 Å². The van der Waals surface area contributed by atoms with Crippen LogP contribution in [0.5, 0.6) is 5.75 Å². The van der Waals surface area contributed by atoms with Gasteiger partial charge in [-0.1, -0.05) is 60.7 Å². The number of nitrogens with zero attached hydrogens (tertiary/aromatic N) is 1. The fourth-order valence-corrected chi connectivity index (χ4v) is 9.11. The number of rotatable bonds is 11. The monoisotopic (exact) mass is 655 g/mol. The van der Waals surface area contributed by atoms with Crippen LogP contribution in [0.25, 0.3) is 0 Å². The summed E-state index contributed by atoms with van der Waals surface area (Å²) in [6.07, 6.45) is 6.30. The lowest BCUT2D eigenvalue weighted by molar-refractivity contribution is -0.252. The number of aromatic hydroxyl groups is 1. The molecule has 4 aliphatic carbocycles. The molecule has 0 radical (unpaired) electrons. The first-order chi connectivity index (χ1) is 23.2. The van der Waals surface area contributed by atoms with E-state index in [1.54, 1.807) is 24.3 Å². The second-order valence-corrected chi connectivity index (χ2v) is 14.9. The van der Waals surface area contributed by atoms with Gasteiger partial charge in [0.15, 0.2) is 6.29 Å². The van der Waals surface area contributed by atoms with E-state index in [-0.39, 0.29) is 36.1 Å². The van der Waals surface area contributed by atoms with Crippen LogP contribution in [0.3, 0.4) is 0 Å². The molecule has 0 aromatic heterocycles. The minimum absolute atomic E-state index is 0.0134. The molecule has 5 N–H and O–H groups in total. The maximum absolute atomic E-state index is 13.0. The number of aliphatic hydroxyl groups excluding tert-OH is 2. The predicted octanol–water partition coefficient (Wildman–Crippen LogP) is 5.86. The van der Waals surface area contributed by atoms with Gasteiger partial charge in [0.2, 0.25) is 0 Å². The molecule has 8 rings (SSSR count). The highest BCUT2D eigenvalue weighted by molar-refractivity contribution is 5.75. The van der Waals surface area contributed by atoms with E-state index >= 15 is 0 Å². The molecule has 4 bridgehead atoms. The lowest BCUT2D eigenvalue weighted by Gasteiger charge is -2.56. The predicted molar refractivity (Wildman–Crippen MR) is 182 cm³/mol. The molecule has 1 aliphatic heterocycles. The Balaban J connectivity index is 0.981. The van der Waals surface area contributed by atoms with Crippen LogP contribution in [0.1, 0.15) is 91.3 Å². The van der Waals surface area contributed by atoms with Crippen LogP contribution >= 0.6 is 0 Å². The van der Waals surface area contributed by atoms with Gasteiger partial charge in [-0.25, -0.2) is 4.79 Å². The Bertz CT molecular complexity index is 1510. The molecular formula is C39H49N3O6. The van der Waals surface area contributed by atoms with Crippen molar-refractivity contribution in [2.45, 2.75) is 88.2 Å². The van der Waals surface area contributed by atoms with Crippen LogP contribution in [0, 0.1) is 17.8 Å². The molecule has 4 unspecified atom stereocenters. The second kappa shape index (κ2) is 14.2. The summed E-state index contributed by atoms with van der Waals surface area (Å²) in [5, 5.41) is 36.7. The number of aliphatic hydroxyl groups is 2. The molecule has 9 heteroatoms. The fourth-order valence-electron chi connectivity index (χ4n) is 9.11. The average Bonchev–Trinajstić information content (AvgIpc) is 3.06. The summed E-state index contributed by atoms with van der Waals surface area (Å²) in [6, 6.07) is 22.5. The molecule has 2 amide bonds. The Morgan fingerprint density at radius 2 is 1.54 bits per heavy atom. The van der Waals surface area contributed by atoms with Crippen LogP contribution in [-0.4, -0.2) is 58.0 Å².